The number of rotatable bonds is 6. The molecular weight excluding hydrogens is 508 g/mol. The van der Waals surface area contributed by atoms with Gasteiger partial charge in [-0.05, 0) is 64.7 Å². The largest absolute Gasteiger partial charge is 0.351 e. The highest BCUT2D eigenvalue weighted by Crippen LogP contribution is 2.34. The summed E-state index contributed by atoms with van der Waals surface area (Å²) >= 11 is 0. The SMILES string of the molecule is NC(=O)N(c1ccc(Cc2ccc(N(C(N)=O)c3cccc4ccccc34)cc2)cc1)c1cccc2ccccc12. The zero-order chi connectivity index (χ0) is 28.3. The highest BCUT2D eigenvalue weighted by atomic mass is 16.2. The van der Waals surface area contributed by atoms with Gasteiger partial charge in [-0.2, -0.15) is 0 Å². The van der Waals surface area contributed by atoms with E-state index in [0.717, 1.165) is 44.0 Å². The van der Waals surface area contributed by atoms with Crippen molar-refractivity contribution in [3.8, 4) is 0 Å². The van der Waals surface area contributed by atoms with Gasteiger partial charge in [-0.1, -0.05) is 97.1 Å². The second-order valence-electron chi connectivity index (χ2n) is 9.85. The molecular formula is C35H28N4O2. The molecule has 0 aliphatic rings. The predicted octanol–water partition coefficient (Wildman–Crippen LogP) is 8.02. The van der Waals surface area contributed by atoms with Crippen LogP contribution in [-0.4, -0.2) is 12.1 Å². The van der Waals surface area contributed by atoms with E-state index in [1.807, 2.05) is 133 Å². The molecule has 0 aliphatic heterocycles. The van der Waals surface area contributed by atoms with Gasteiger partial charge in [0.15, 0.2) is 0 Å². The third-order valence-corrected chi connectivity index (χ3v) is 7.25. The Kier molecular flexibility index (Phi) is 6.80. The van der Waals surface area contributed by atoms with Crippen LogP contribution in [0.15, 0.2) is 133 Å². The van der Waals surface area contributed by atoms with Crippen molar-refractivity contribution in [2.45, 2.75) is 6.42 Å². The summed E-state index contributed by atoms with van der Waals surface area (Å²) in [5.41, 5.74) is 16.7. The minimum Gasteiger partial charge on any atom is -0.351 e. The normalized spacial score (nSPS) is 10.9. The van der Waals surface area contributed by atoms with Gasteiger partial charge in [-0.15, -0.1) is 0 Å². The van der Waals surface area contributed by atoms with Crippen molar-refractivity contribution in [3.63, 3.8) is 0 Å². The van der Waals surface area contributed by atoms with Crippen molar-refractivity contribution < 1.29 is 9.59 Å². The smallest absolute Gasteiger partial charge is 0.323 e. The van der Waals surface area contributed by atoms with Crippen molar-refractivity contribution in [3.05, 3.63) is 145 Å². The number of benzene rings is 6. The first-order valence-electron chi connectivity index (χ1n) is 13.3. The lowest BCUT2D eigenvalue weighted by Crippen LogP contribution is -2.31. The molecule has 0 unspecified atom stereocenters. The maximum absolute atomic E-state index is 12.5. The fourth-order valence-electron chi connectivity index (χ4n) is 5.34. The second kappa shape index (κ2) is 10.9. The highest BCUT2D eigenvalue weighted by Gasteiger charge is 2.19. The quantitative estimate of drug-likeness (QED) is 0.226. The summed E-state index contributed by atoms with van der Waals surface area (Å²) in [7, 11) is 0. The van der Waals surface area contributed by atoms with E-state index in [1.165, 1.54) is 9.80 Å². The number of fused-ring (bicyclic) bond motifs is 2. The first kappa shape index (κ1) is 25.6. The van der Waals surface area contributed by atoms with Gasteiger partial charge < -0.3 is 11.5 Å². The number of carbonyl (C=O) groups excluding carboxylic acids is 2. The van der Waals surface area contributed by atoms with Crippen molar-refractivity contribution in [2.24, 2.45) is 11.5 Å². The monoisotopic (exact) mass is 536 g/mol. The summed E-state index contributed by atoms with van der Waals surface area (Å²) < 4.78 is 0. The van der Waals surface area contributed by atoms with Crippen LogP contribution in [0.5, 0.6) is 0 Å². The number of urea groups is 2. The van der Waals surface area contributed by atoms with Crippen LogP contribution in [0.4, 0.5) is 32.3 Å². The van der Waals surface area contributed by atoms with Gasteiger partial charge in [-0.3, -0.25) is 9.80 Å². The van der Waals surface area contributed by atoms with Crippen LogP contribution < -0.4 is 21.3 Å². The molecule has 200 valence electrons. The van der Waals surface area contributed by atoms with Crippen LogP contribution in [0.25, 0.3) is 21.5 Å². The van der Waals surface area contributed by atoms with E-state index in [-0.39, 0.29) is 0 Å². The Morgan fingerprint density at radius 1 is 0.463 bits per heavy atom. The van der Waals surface area contributed by atoms with Crippen molar-refractivity contribution in [1.82, 2.24) is 0 Å². The van der Waals surface area contributed by atoms with E-state index in [0.29, 0.717) is 17.8 Å². The number of amides is 4. The summed E-state index contributed by atoms with van der Waals surface area (Å²) in [6, 6.07) is 42.0. The zero-order valence-corrected chi connectivity index (χ0v) is 22.3. The molecule has 6 heteroatoms. The molecule has 6 aromatic carbocycles. The molecule has 0 aliphatic carbocycles. The van der Waals surface area contributed by atoms with E-state index in [4.69, 9.17) is 11.5 Å². The standard InChI is InChI=1S/C35H28N4O2/c36-34(40)38(32-13-5-9-26-7-1-3-11-30(26)32)28-19-15-24(16-20-28)23-25-17-21-29(22-18-25)39(35(37)41)33-14-6-10-27-8-2-4-12-31(27)33/h1-22H,23H2,(H2,36,40)(H2,37,41). The van der Waals surface area contributed by atoms with E-state index in [1.54, 1.807) is 0 Å². The van der Waals surface area contributed by atoms with Crippen molar-refractivity contribution >= 4 is 56.4 Å². The third kappa shape index (κ3) is 5.06. The molecule has 0 aromatic heterocycles. The summed E-state index contributed by atoms with van der Waals surface area (Å²) in [6.45, 7) is 0. The Balaban J connectivity index is 1.24. The summed E-state index contributed by atoms with van der Waals surface area (Å²) in [4.78, 5) is 28.2. The molecule has 4 N–H and O–H groups in total. The van der Waals surface area contributed by atoms with Gasteiger partial charge in [-0.25, -0.2) is 9.59 Å². The molecule has 4 amide bonds. The average molecular weight is 537 g/mol. The van der Waals surface area contributed by atoms with Gasteiger partial charge in [0, 0.05) is 10.8 Å². The molecule has 0 spiro atoms. The first-order chi connectivity index (χ1) is 20.0. The minimum absolute atomic E-state index is 0.546. The second-order valence-corrected chi connectivity index (χ2v) is 9.85. The molecule has 0 saturated carbocycles. The Morgan fingerprint density at radius 2 is 0.829 bits per heavy atom. The van der Waals surface area contributed by atoms with Gasteiger partial charge in [0.05, 0.1) is 22.7 Å². The number of nitrogens with zero attached hydrogens (tertiary/aromatic N) is 2. The average Bonchev–Trinajstić information content (AvgIpc) is 2.99. The van der Waals surface area contributed by atoms with Crippen LogP contribution in [0.2, 0.25) is 0 Å². The van der Waals surface area contributed by atoms with Gasteiger partial charge in [0.1, 0.15) is 0 Å². The Morgan fingerprint density at radius 3 is 1.22 bits per heavy atom. The lowest BCUT2D eigenvalue weighted by atomic mass is 10.0. The van der Waals surface area contributed by atoms with E-state index in [2.05, 4.69) is 0 Å². The van der Waals surface area contributed by atoms with E-state index in [9.17, 15) is 9.59 Å². The first-order valence-corrected chi connectivity index (χ1v) is 13.3. The van der Waals surface area contributed by atoms with Crippen LogP contribution in [-0.2, 0) is 6.42 Å². The molecule has 6 nitrogen and oxygen atoms in total. The van der Waals surface area contributed by atoms with Gasteiger partial charge in [0.25, 0.3) is 0 Å². The maximum Gasteiger partial charge on any atom is 0.323 e. The molecule has 0 bridgehead atoms. The van der Waals surface area contributed by atoms with E-state index < -0.39 is 12.1 Å². The minimum atomic E-state index is -0.546. The molecule has 41 heavy (non-hydrogen) atoms. The lowest BCUT2D eigenvalue weighted by Gasteiger charge is -2.23. The fourth-order valence-corrected chi connectivity index (χ4v) is 5.34. The maximum atomic E-state index is 12.5. The van der Waals surface area contributed by atoms with Crippen LogP contribution in [0, 0.1) is 0 Å². The molecule has 0 saturated heterocycles. The summed E-state index contributed by atoms with van der Waals surface area (Å²) in [5, 5.41) is 3.97. The molecule has 6 aromatic rings. The summed E-state index contributed by atoms with van der Waals surface area (Å²) in [5.74, 6) is 0. The Bertz CT molecular complexity index is 1730. The summed E-state index contributed by atoms with van der Waals surface area (Å²) in [6.07, 6.45) is 0.677. The van der Waals surface area contributed by atoms with Crippen molar-refractivity contribution in [1.29, 1.82) is 0 Å². The van der Waals surface area contributed by atoms with Crippen LogP contribution >= 0.6 is 0 Å². The number of carbonyl (C=O) groups is 2. The van der Waals surface area contributed by atoms with Crippen LogP contribution in [0.1, 0.15) is 11.1 Å². The number of nitrogens with two attached hydrogens (primary N) is 2. The number of hydrogen-bond acceptors (Lipinski definition) is 2. The fraction of sp³-hybridized carbons (Fsp3) is 0.0286. The number of primary amides is 2. The van der Waals surface area contributed by atoms with Gasteiger partial charge in [0.2, 0.25) is 0 Å². The predicted molar refractivity (Wildman–Crippen MR) is 167 cm³/mol. The van der Waals surface area contributed by atoms with E-state index >= 15 is 0 Å². The van der Waals surface area contributed by atoms with Crippen LogP contribution in [0.3, 0.4) is 0 Å². The topological polar surface area (TPSA) is 92.7 Å². The third-order valence-electron chi connectivity index (χ3n) is 7.25. The molecule has 0 fully saturated rings. The number of hydrogen-bond donors (Lipinski definition) is 2. The molecule has 0 atom stereocenters. The number of anilines is 4. The highest BCUT2D eigenvalue weighted by molar-refractivity contribution is 6.08. The Labute approximate surface area is 238 Å². The zero-order valence-electron chi connectivity index (χ0n) is 22.3. The van der Waals surface area contributed by atoms with Crippen molar-refractivity contribution in [2.75, 3.05) is 9.80 Å². The lowest BCUT2D eigenvalue weighted by molar-refractivity contribution is 0.255. The van der Waals surface area contributed by atoms with Gasteiger partial charge >= 0.3 is 12.1 Å². The molecule has 6 rings (SSSR count). The molecule has 0 radical (unpaired) electrons. The molecule has 0 heterocycles. The Hall–Kier alpha value is -5.62.